The van der Waals surface area contributed by atoms with Crippen LogP contribution < -0.4 is 5.43 Å². The lowest BCUT2D eigenvalue weighted by Gasteiger charge is -1.88. The number of carbonyl (C=O) groups is 1. The molecule has 0 aliphatic heterocycles. The summed E-state index contributed by atoms with van der Waals surface area (Å²) in [6.45, 7) is 0. The van der Waals surface area contributed by atoms with Gasteiger partial charge < -0.3 is 10.2 Å². The third kappa shape index (κ3) is 2.59. The minimum Gasteiger partial charge on any atom is -0.504 e. The lowest BCUT2D eigenvalue weighted by molar-refractivity contribution is -0.136. The zero-order valence-corrected chi connectivity index (χ0v) is 6.73. The van der Waals surface area contributed by atoms with Crippen LogP contribution in [0, 0.1) is 0 Å². The van der Waals surface area contributed by atoms with E-state index in [1.54, 1.807) is 0 Å². The molecule has 0 unspecified atom stereocenters. The molecule has 0 aliphatic carbocycles. The van der Waals surface area contributed by atoms with Crippen LogP contribution in [0.15, 0.2) is 29.1 Å². The molecular formula is C9H8O4. The highest BCUT2D eigenvalue weighted by Gasteiger charge is 2.00. The number of rotatable bonds is 2. The molecule has 0 aromatic heterocycles. The van der Waals surface area contributed by atoms with E-state index in [-0.39, 0.29) is 12.2 Å². The van der Waals surface area contributed by atoms with E-state index in [1.807, 2.05) is 0 Å². The molecule has 0 fully saturated rings. The summed E-state index contributed by atoms with van der Waals surface area (Å²) in [5, 5.41) is 17.4. The van der Waals surface area contributed by atoms with Gasteiger partial charge in [0.25, 0.3) is 0 Å². The highest BCUT2D eigenvalue weighted by atomic mass is 16.4. The summed E-state index contributed by atoms with van der Waals surface area (Å²) < 4.78 is 0. The fourth-order valence-corrected chi connectivity index (χ4v) is 0.920. The van der Waals surface area contributed by atoms with E-state index in [2.05, 4.69) is 0 Å². The first-order valence-electron chi connectivity index (χ1n) is 3.63. The maximum absolute atomic E-state index is 11.0. The number of hydrogen-bond donors (Lipinski definition) is 2. The molecule has 2 N–H and O–H groups in total. The lowest BCUT2D eigenvalue weighted by atomic mass is 10.2. The standard InChI is InChI=1S/C9H8O4/c10-7-3-1-2-6(4-8(7)11)5-9(12)13/h1-4H,5H2,(H,10,11)(H,12,13). The molecule has 1 aromatic rings. The Bertz CT molecular complexity index is 384. The summed E-state index contributed by atoms with van der Waals surface area (Å²) in [4.78, 5) is 21.3. The van der Waals surface area contributed by atoms with Crippen LogP contribution in [0.3, 0.4) is 0 Å². The van der Waals surface area contributed by atoms with E-state index in [0.717, 1.165) is 6.07 Å². The lowest BCUT2D eigenvalue weighted by Crippen LogP contribution is -2.02. The fourth-order valence-electron chi connectivity index (χ4n) is 0.920. The molecule has 0 aliphatic rings. The van der Waals surface area contributed by atoms with Crippen LogP contribution in [-0.2, 0) is 11.2 Å². The van der Waals surface area contributed by atoms with Crippen LogP contribution in [0.1, 0.15) is 5.56 Å². The molecule has 0 heterocycles. The van der Waals surface area contributed by atoms with Gasteiger partial charge in [-0.25, -0.2) is 0 Å². The Morgan fingerprint density at radius 2 is 2.08 bits per heavy atom. The van der Waals surface area contributed by atoms with E-state index in [0.29, 0.717) is 5.56 Å². The second kappa shape index (κ2) is 3.71. The fraction of sp³-hybridized carbons (Fsp3) is 0.111. The largest absolute Gasteiger partial charge is 0.504 e. The zero-order chi connectivity index (χ0) is 9.84. The third-order valence-corrected chi connectivity index (χ3v) is 1.49. The molecule has 0 bridgehead atoms. The number of aromatic hydroxyl groups is 1. The summed E-state index contributed by atoms with van der Waals surface area (Å²) in [5.74, 6) is -1.39. The third-order valence-electron chi connectivity index (χ3n) is 1.49. The Kier molecular flexibility index (Phi) is 2.64. The first-order valence-corrected chi connectivity index (χ1v) is 3.63. The van der Waals surface area contributed by atoms with E-state index in [9.17, 15) is 9.59 Å². The van der Waals surface area contributed by atoms with E-state index in [1.165, 1.54) is 18.2 Å². The van der Waals surface area contributed by atoms with Gasteiger partial charge in [-0.15, -0.1) is 0 Å². The Hall–Kier alpha value is -1.84. The topological polar surface area (TPSA) is 74.6 Å². The zero-order valence-electron chi connectivity index (χ0n) is 6.73. The highest BCUT2D eigenvalue weighted by Crippen LogP contribution is 2.01. The first kappa shape index (κ1) is 9.25. The van der Waals surface area contributed by atoms with Crippen molar-refractivity contribution in [1.82, 2.24) is 0 Å². The second-order valence-corrected chi connectivity index (χ2v) is 2.57. The van der Waals surface area contributed by atoms with Crippen molar-refractivity contribution in [3.05, 3.63) is 40.1 Å². The van der Waals surface area contributed by atoms with Gasteiger partial charge >= 0.3 is 5.97 Å². The van der Waals surface area contributed by atoms with E-state index in [4.69, 9.17) is 10.2 Å². The summed E-state index contributed by atoms with van der Waals surface area (Å²) in [5.41, 5.74) is -0.195. The predicted octanol–water partition coefficient (Wildman–Crippen LogP) is 0.380. The van der Waals surface area contributed by atoms with Crippen molar-refractivity contribution in [3.63, 3.8) is 0 Å². The van der Waals surface area contributed by atoms with Gasteiger partial charge in [0.05, 0.1) is 6.42 Å². The molecule has 1 aromatic carbocycles. The molecule has 4 heteroatoms. The van der Waals surface area contributed by atoms with Crippen molar-refractivity contribution >= 4 is 5.97 Å². The SMILES string of the molecule is O=C(O)Cc1cccc(O)c(=O)c1. The Morgan fingerprint density at radius 3 is 2.69 bits per heavy atom. The van der Waals surface area contributed by atoms with Crippen LogP contribution in [-0.4, -0.2) is 16.2 Å². The van der Waals surface area contributed by atoms with Gasteiger partial charge in [-0.05, 0) is 17.7 Å². The molecule has 0 spiro atoms. The molecular weight excluding hydrogens is 172 g/mol. The van der Waals surface area contributed by atoms with Crippen LogP contribution in [0.5, 0.6) is 5.75 Å². The second-order valence-electron chi connectivity index (χ2n) is 2.57. The van der Waals surface area contributed by atoms with Crippen LogP contribution in [0.25, 0.3) is 0 Å². The quantitative estimate of drug-likeness (QED) is 0.689. The van der Waals surface area contributed by atoms with Crippen molar-refractivity contribution < 1.29 is 15.0 Å². The van der Waals surface area contributed by atoms with Crippen molar-refractivity contribution in [1.29, 1.82) is 0 Å². The smallest absolute Gasteiger partial charge is 0.307 e. The van der Waals surface area contributed by atoms with Crippen LogP contribution in [0.2, 0.25) is 0 Å². The minimum atomic E-state index is -1.01. The molecule has 0 radical (unpaired) electrons. The van der Waals surface area contributed by atoms with E-state index < -0.39 is 11.4 Å². The van der Waals surface area contributed by atoms with Crippen molar-refractivity contribution in [3.8, 4) is 5.75 Å². The summed E-state index contributed by atoms with van der Waals surface area (Å²) in [6, 6.07) is 5.27. The Morgan fingerprint density at radius 1 is 1.38 bits per heavy atom. The van der Waals surface area contributed by atoms with Crippen LogP contribution >= 0.6 is 0 Å². The number of carboxylic acids is 1. The molecule has 68 valence electrons. The maximum atomic E-state index is 11.0. The Balaban J connectivity index is 3.14. The van der Waals surface area contributed by atoms with Crippen molar-refractivity contribution in [2.45, 2.75) is 6.42 Å². The average molecular weight is 180 g/mol. The summed E-state index contributed by atoms with van der Waals surface area (Å²) in [7, 11) is 0. The summed E-state index contributed by atoms with van der Waals surface area (Å²) in [6.07, 6.45) is -0.219. The van der Waals surface area contributed by atoms with Gasteiger partial charge in [0.1, 0.15) is 0 Å². The molecule has 0 saturated heterocycles. The van der Waals surface area contributed by atoms with Crippen molar-refractivity contribution in [2.75, 3.05) is 0 Å². The molecule has 1 rings (SSSR count). The molecule has 4 nitrogen and oxygen atoms in total. The molecule has 0 amide bonds. The van der Waals surface area contributed by atoms with Gasteiger partial charge in [-0.3, -0.25) is 9.59 Å². The normalized spacial score (nSPS) is 9.54. The van der Waals surface area contributed by atoms with Gasteiger partial charge in [0.15, 0.2) is 5.75 Å². The molecule has 0 atom stereocenters. The minimum absolute atomic E-state index is 0.219. The number of carboxylic acid groups (broad SMARTS) is 1. The molecule has 13 heavy (non-hydrogen) atoms. The van der Waals surface area contributed by atoms with Crippen LogP contribution in [0.4, 0.5) is 0 Å². The van der Waals surface area contributed by atoms with E-state index >= 15 is 0 Å². The number of hydrogen-bond acceptors (Lipinski definition) is 3. The monoisotopic (exact) mass is 180 g/mol. The summed E-state index contributed by atoms with van der Waals surface area (Å²) >= 11 is 0. The van der Waals surface area contributed by atoms with Gasteiger partial charge in [-0.1, -0.05) is 12.1 Å². The van der Waals surface area contributed by atoms with Crippen molar-refractivity contribution in [2.24, 2.45) is 0 Å². The predicted molar refractivity (Wildman–Crippen MR) is 45.7 cm³/mol. The average Bonchev–Trinajstić information content (AvgIpc) is 2.14. The highest BCUT2D eigenvalue weighted by molar-refractivity contribution is 5.70. The first-order chi connectivity index (χ1) is 6.09. The van der Waals surface area contributed by atoms with Gasteiger partial charge in [0, 0.05) is 0 Å². The molecule has 0 saturated carbocycles. The Labute approximate surface area is 74.1 Å². The van der Waals surface area contributed by atoms with Gasteiger partial charge in [-0.2, -0.15) is 0 Å². The van der Waals surface area contributed by atoms with Gasteiger partial charge in [0.2, 0.25) is 5.43 Å². The maximum Gasteiger partial charge on any atom is 0.307 e. The number of aliphatic carboxylic acids is 1.